The first kappa shape index (κ1) is 25.2. The number of aliphatic hydroxyl groups excluding tert-OH is 1. The molecule has 36 heavy (non-hydrogen) atoms. The van der Waals surface area contributed by atoms with Gasteiger partial charge in [0.25, 0.3) is 0 Å². The number of amides is 3. The number of aldehydes is 1. The SMILES string of the molecule is CN1CCN(Cc2cc3c(nc2C=O)N(C(=O)Nc2cc(CCCO)c(C#N)cn2)CCC3)C(=O)C1. The summed E-state index contributed by atoms with van der Waals surface area (Å²) in [4.78, 5) is 51.4. The molecule has 0 aliphatic carbocycles. The number of hydrogen-bond acceptors (Lipinski definition) is 8. The van der Waals surface area contributed by atoms with E-state index in [1.54, 1.807) is 11.0 Å². The molecule has 3 amide bonds. The van der Waals surface area contributed by atoms with Crippen LogP contribution in [-0.4, -0.2) is 82.9 Å². The van der Waals surface area contributed by atoms with E-state index in [9.17, 15) is 19.6 Å². The van der Waals surface area contributed by atoms with Crippen molar-refractivity contribution in [2.75, 3.05) is 50.1 Å². The van der Waals surface area contributed by atoms with Crippen LogP contribution in [-0.2, 0) is 24.2 Å². The number of fused-ring (bicyclic) bond motifs is 1. The number of nitriles is 1. The van der Waals surface area contributed by atoms with Gasteiger partial charge in [0.05, 0.1) is 12.1 Å². The third kappa shape index (κ3) is 5.50. The van der Waals surface area contributed by atoms with Crippen molar-refractivity contribution in [1.29, 1.82) is 5.26 Å². The largest absolute Gasteiger partial charge is 0.396 e. The van der Waals surface area contributed by atoms with Crippen molar-refractivity contribution in [3.8, 4) is 6.07 Å². The van der Waals surface area contributed by atoms with E-state index in [-0.39, 0.29) is 18.2 Å². The molecular weight excluding hydrogens is 462 g/mol. The fourth-order valence-electron chi connectivity index (χ4n) is 4.50. The van der Waals surface area contributed by atoms with Gasteiger partial charge >= 0.3 is 6.03 Å². The predicted molar refractivity (Wildman–Crippen MR) is 132 cm³/mol. The maximum Gasteiger partial charge on any atom is 0.328 e. The number of nitrogens with one attached hydrogen (secondary N) is 1. The Labute approximate surface area is 209 Å². The highest BCUT2D eigenvalue weighted by Crippen LogP contribution is 2.28. The van der Waals surface area contributed by atoms with Crippen molar-refractivity contribution in [1.82, 2.24) is 19.8 Å². The number of nitrogens with zero attached hydrogens (tertiary/aromatic N) is 6. The number of carbonyl (C=O) groups excluding carboxylic acids is 3. The molecule has 2 aliphatic heterocycles. The number of hydrogen-bond donors (Lipinski definition) is 2. The van der Waals surface area contributed by atoms with Crippen LogP contribution < -0.4 is 10.2 Å². The predicted octanol–water partition coefficient (Wildman–Crippen LogP) is 1.34. The van der Waals surface area contributed by atoms with Crippen LogP contribution in [0.2, 0.25) is 0 Å². The lowest BCUT2D eigenvalue weighted by atomic mass is 10.0. The minimum absolute atomic E-state index is 0.00482. The van der Waals surface area contributed by atoms with Crippen molar-refractivity contribution in [2.24, 2.45) is 0 Å². The molecule has 2 aliphatic rings. The molecule has 2 N–H and O–H groups in total. The first-order chi connectivity index (χ1) is 17.4. The van der Waals surface area contributed by atoms with E-state index in [1.165, 1.54) is 11.1 Å². The Morgan fingerprint density at radius 2 is 2.11 bits per heavy atom. The van der Waals surface area contributed by atoms with Gasteiger partial charge in [0.2, 0.25) is 5.91 Å². The lowest BCUT2D eigenvalue weighted by Crippen LogP contribution is -2.48. The van der Waals surface area contributed by atoms with E-state index in [0.29, 0.717) is 80.1 Å². The zero-order chi connectivity index (χ0) is 25.7. The number of likely N-dealkylation sites (N-methyl/N-ethyl adjacent to an activating group) is 1. The molecule has 4 heterocycles. The first-order valence-electron chi connectivity index (χ1n) is 12.0. The smallest absolute Gasteiger partial charge is 0.328 e. The molecule has 0 atom stereocenters. The summed E-state index contributed by atoms with van der Waals surface area (Å²) in [5.74, 6) is 0.718. The minimum Gasteiger partial charge on any atom is -0.396 e. The summed E-state index contributed by atoms with van der Waals surface area (Å²) >= 11 is 0. The Morgan fingerprint density at radius 3 is 2.83 bits per heavy atom. The van der Waals surface area contributed by atoms with Gasteiger partial charge in [-0.25, -0.2) is 14.8 Å². The quantitative estimate of drug-likeness (QED) is 0.553. The van der Waals surface area contributed by atoms with Gasteiger partial charge in [-0.05, 0) is 56.0 Å². The molecule has 0 bridgehead atoms. The first-order valence-corrected chi connectivity index (χ1v) is 12.0. The Balaban J connectivity index is 1.55. The fraction of sp³-hybridized carbons (Fsp3) is 0.440. The second kappa shape index (κ2) is 11.2. The maximum atomic E-state index is 13.2. The molecular formula is C25H29N7O4. The molecule has 0 unspecified atom stereocenters. The molecule has 2 aromatic heterocycles. The standard InChI is InChI=1S/C25H29N7O4/c1-30-7-8-31(23(35)15-30)14-19-10-18-4-2-6-32(24(18)28-21(19)16-34)25(36)29-22-11-17(5-3-9-33)20(12-26)13-27-22/h10-11,13,16,33H,2-9,14-15H2,1H3,(H,27,29,36). The van der Waals surface area contributed by atoms with Crippen LogP contribution in [0.5, 0.6) is 0 Å². The van der Waals surface area contributed by atoms with Crippen LogP contribution >= 0.6 is 0 Å². The summed E-state index contributed by atoms with van der Waals surface area (Å²) < 4.78 is 0. The van der Waals surface area contributed by atoms with Gasteiger partial charge < -0.3 is 10.0 Å². The van der Waals surface area contributed by atoms with Crippen molar-refractivity contribution < 1.29 is 19.5 Å². The van der Waals surface area contributed by atoms with Crippen LogP contribution in [0.3, 0.4) is 0 Å². The number of urea groups is 1. The van der Waals surface area contributed by atoms with Gasteiger partial charge in [0.15, 0.2) is 6.29 Å². The summed E-state index contributed by atoms with van der Waals surface area (Å²) in [6, 6.07) is 5.15. The van der Waals surface area contributed by atoms with E-state index in [2.05, 4.69) is 21.4 Å². The summed E-state index contributed by atoms with van der Waals surface area (Å²) in [5.41, 5.74) is 2.82. The molecule has 2 aromatic rings. The zero-order valence-electron chi connectivity index (χ0n) is 20.2. The number of pyridine rings is 2. The molecule has 11 heteroatoms. The number of rotatable bonds is 7. The summed E-state index contributed by atoms with van der Waals surface area (Å²) in [6.45, 7) is 2.41. The number of piperazine rings is 1. The lowest BCUT2D eigenvalue weighted by Gasteiger charge is -2.33. The molecule has 1 fully saturated rings. The van der Waals surface area contributed by atoms with Gasteiger partial charge in [-0.1, -0.05) is 0 Å². The van der Waals surface area contributed by atoms with Gasteiger partial charge in [-0.3, -0.25) is 24.7 Å². The lowest BCUT2D eigenvalue weighted by molar-refractivity contribution is -0.136. The second-order valence-electron chi connectivity index (χ2n) is 9.04. The summed E-state index contributed by atoms with van der Waals surface area (Å²) in [5, 5.41) is 21.2. The zero-order valence-corrected chi connectivity index (χ0v) is 20.2. The Kier molecular flexibility index (Phi) is 7.87. The average molecular weight is 492 g/mol. The fourth-order valence-corrected chi connectivity index (χ4v) is 4.50. The number of aryl methyl sites for hydroxylation is 2. The number of anilines is 2. The van der Waals surface area contributed by atoms with Crippen LogP contribution in [0.15, 0.2) is 18.3 Å². The normalized spacial score (nSPS) is 15.9. The number of aromatic nitrogens is 2. The molecule has 0 aromatic carbocycles. The van der Waals surface area contributed by atoms with Crippen LogP contribution in [0.1, 0.15) is 45.6 Å². The molecule has 0 saturated carbocycles. The molecule has 11 nitrogen and oxygen atoms in total. The average Bonchev–Trinajstić information content (AvgIpc) is 2.88. The van der Waals surface area contributed by atoms with E-state index in [1.807, 2.05) is 18.0 Å². The third-order valence-corrected chi connectivity index (χ3v) is 6.45. The van der Waals surface area contributed by atoms with E-state index < -0.39 is 6.03 Å². The maximum absolute atomic E-state index is 13.2. The van der Waals surface area contributed by atoms with Crippen LogP contribution in [0, 0.1) is 11.3 Å². The Morgan fingerprint density at radius 1 is 1.28 bits per heavy atom. The van der Waals surface area contributed by atoms with Crippen molar-refractivity contribution >= 4 is 29.9 Å². The molecule has 0 radical (unpaired) electrons. The molecule has 1 saturated heterocycles. The topological polar surface area (TPSA) is 143 Å². The summed E-state index contributed by atoms with van der Waals surface area (Å²) in [7, 11) is 1.90. The van der Waals surface area contributed by atoms with Gasteiger partial charge in [0.1, 0.15) is 23.4 Å². The van der Waals surface area contributed by atoms with Gasteiger partial charge in [0, 0.05) is 44.5 Å². The second-order valence-corrected chi connectivity index (χ2v) is 9.04. The highest BCUT2D eigenvalue weighted by Gasteiger charge is 2.28. The van der Waals surface area contributed by atoms with Crippen molar-refractivity contribution in [2.45, 2.75) is 32.2 Å². The van der Waals surface area contributed by atoms with E-state index >= 15 is 0 Å². The Bertz CT molecular complexity index is 1210. The van der Waals surface area contributed by atoms with E-state index in [4.69, 9.17) is 5.11 Å². The highest BCUT2D eigenvalue weighted by molar-refractivity contribution is 6.01. The molecule has 0 spiro atoms. The summed E-state index contributed by atoms with van der Waals surface area (Å²) in [6.07, 6.45) is 4.47. The Hall–Kier alpha value is -3.88. The van der Waals surface area contributed by atoms with E-state index in [0.717, 1.165) is 18.5 Å². The van der Waals surface area contributed by atoms with Crippen LogP contribution in [0.4, 0.5) is 16.4 Å². The third-order valence-electron chi connectivity index (χ3n) is 6.45. The minimum atomic E-state index is -0.437. The molecule has 4 rings (SSSR count). The highest BCUT2D eigenvalue weighted by atomic mass is 16.3. The van der Waals surface area contributed by atoms with Gasteiger partial charge in [-0.2, -0.15) is 5.26 Å². The van der Waals surface area contributed by atoms with Crippen LogP contribution in [0.25, 0.3) is 0 Å². The number of carbonyl (C=O) groups is 3. The number of aliphatic hydroxyl groups is 1. The monoisotopic (exact) mass is 491 g/mol. The molecule has 188 valence electrons. The van der Waals surface area contributed by atoms with Crippen molar-refractivity contribution in [3.63, 3.8) is 0 Å². The van der Waals surface area contributed by atoms with Gasteiger partial charge in [-0.15, -0.1) is 0 Å². The van der Waals surface area contributed by atoms with Crippen molar-refractivity contribution in [3.05, 3.63) is 46.3 Å².